The number of aromatic nitrogens is 1. The van der Waals surface area contributed by atoms with Gasteiger partial charge in [0.2, 0.25) is 6.41 Å². The Hall–Kier alpha value is -2.87. The lowest BCUT2D eigenvalue weighted by atomic mass is 10.1. The number of nitrogens with one attached hydrogen (secondary N) is 1. The number of hydrogen-bond donors (Lipinski definition) is 3. The summed E-state index contributed by atoms with van der Waals surface area (Å²) in [6, 6.07) is 4.50. The predicted molar refractivity (Wildman–Crippen MR) is 70.9 cm³/mol. The largest absolute Gasteiger partial charge is 0.465 e. The quantitative estimate of drug-likeness (QED) is 0.236. The van der Waals surface area contributed by atoms with Gasteiger partial charge in [-0.1, -0.05) is 6.07 Å². The van der Waals surface area contributed by atoms with E-state index in [0.717, 1.165) is 0 Å². The van der Waals surface area contributed by atoms with Gasteiger partial charge in [0, 0.05) is 10.9 Å². The smallest absolute Gasteiger partial charge is 0.337 e. The number of amides is 2. The van der Waals surface area contributed by atoms with Crippen molar-refractivity contribution in [1.82, 2.24) is 4.98 Å². The Bertz CT molecular complexity index is 707. The summed E-state index contributed by atoms with van der Waals surface area (Å²) >= 11 is 0. The van der Waals surface area contributed by atoms with Crippen molar-refractivity contribution in [1.29, 1.82) is 0 Å². The van der Waals surface area contributed by atoms with E-state index in [2.05, 4.69) is 9.72 Å². The van der Waals surface area contributed by atoms with E-state index in [1.165, 1.54) is 25.3 Å². The highest BCUT2D eigenvalue weighted by molar-refractivity contribution is 6.13. The number of methoxy groups -OCH3 is 1. The van der Waals surface area contributed by atoms with E-state index in [4.69, 9.17) is 11.6 Å². The van der Waals surface area contributed by atoms with Crippen molar-refractivity contribution in [3.63, 3.8) is 0 Å². The summed E-state index contributed by atoms with van der Waals surface area (Å²) in [4.78, 5) is 36.5. The number of anilines is 1. The van der Waals surface area contributed by atoms with Crippen LogP contribution in [0.25, 0.3) is 10.9 Å². The highest BCUT2D eigenvalue weighted by atomic mass is 16.5. The number of esters is 1. The van der Waals surface area contributed by atoms with Gasteiger partial charge < -0.3 is 15.5 Å². The molecule has 0 saturated heterocycles. The van der Waals surface area contributed by atoms with Gasteiger partial charge in [-0.25, -0.2) is 15.6 Å². The van der Waals surface area contributed by atoms with Gasteiger partial charge in [-0.3, -0.25) is 9.59 Å². The number of rotatable bonds is 4. The van der Waals surface area contributed by atoms with Crippen molar-refractivity contribution < 1.29 is 19.1 Å². The lowest BCUT2D eigenvalue weighted by Crippen LogP contribution is -2.31. The summed E-state index contributed by atoms with van der Waals surface area (Å²) in [5.74, 6) is 4.25. The number of fused-ring (bicyclic) bond motifs is 1. The molecule has 2 amide bonds. The highest BCUT2D eigenvalue weighted by Crippen LogP contribution is 2.28. The molecule has 2 aromatic rings. The van der Waals surface area contributed by atoms with Gasteiger partial charge in [-0.15, -0.1) is 0 Å². The first-order chi connectivity index (χ1) is 9.49. The van der Waals surface area contributed by atoms with Gasteiger partial charge in [0.1, 0.15) is 5.82 Å². The summed E-state index contributed by atoms with van der Waals surface area (Å²) in [7, 11) is 1.26. The lowest BCUT2D eigenvalue weighted by Gasteiger charge is -2.08. The van der Waals surface area contributed by atoms with Crippen molar-refractivity contribution in [2.75, 3.05) is 12.1 Å². The molecule has 0 unspecified atom stereocenters. The third-order valence-corrected chi connectivity index (χ3v) is 2.82. The van der Waals surface area contributed by atoms with Gasteiger partial charge in [-0.05, 0) is 12.1 Å². The van der Waals surface area contributed by atoms with Crippen LogP contribution in [0.4, 0.5) is 5.82 Å². The SMILES string of the molecule is COC(=O)c1ccc2c(C(N)=O)c(N(N)C=O)[nH]c2c1. The number of hydrogen-bond acceptors (Lipinski definition) is 5. The number of benzene rings is 1. The van der Waals surface area contributed by atoms with Gasteiger partial charge in [0.05, 0.1) is 18.2 Å². The number of ether oxygens (including phenoxy) is 1. The van der Waals surface area contributed by atoms with Gasteiger partial charge in [0.15, 0.2) is 0 Å². The second kappa shape index (κ2) is 5.02. The molecular weight excluding hydrogens is 264 g/mol. The fourth-order valence-corrected chi connectivity index (χ4v) is 1.92. The van der Waals surface area contributed by atoms with Crippen molar-refractivity contribution >= 4 is 35.0 Å². The Morgan fingerprint density at radius 1 is 1.40 bits per heavy atom. The average molecular weight is 276 g/mol. The number of nitrogens with two attached hydrogens (primary N) is 2. The molecule has 8 nitrogen and oxygen atoms in total. The Labute approximate surface area is 113 Å². The van der Waals surface area contributed by atoms with Crippen LogP contribution in [0.3, 0.4) is 0 Å². The molecule has 0 radical (unpaired) electrons. The van der Waals surface area contributed by atoms with E-state index in [1.54, 1.807) is 0 Å². The van der Waals surface area contributed by atoms with Crippen LogP contribution in [0, 0.1) is 0 Å². The number of nitrogens with zero attached hydrogens (tertiary/aromatic N) is 1. The van der Waals surface area contributed by atoms with E-state index in [9.17, 15) is 14.4 Å². The monoisotopic (exact) mass is 276 g/mol. The molecule has 1 aromatic heterocycles. The number of aromatic amines is 1. The predicted octanol–water partition coefficient (Wildman–Crippen LogP) is -0.110. The van der Waals surface area contributed by atoms with E-state index in [0.29, 0.717) is 27.9 Å². The Morgan fingerprint density at radius 3 is 2.65 bits per heavy atom. The zero-order valence-electron chi connectivity index (χ0n) is 10.5. The minimum atomic E-state index is -0.741. The van der Waals surface area contributed by atoms with E-state index < -0.39 is 11.9 Å². The molecule has 0 bridgehead atoms. The molecule has 1 heterocycles. The third kappa shape index (κ3) is 2.08. The molecule has 8 heteroatoms. The van der Waals surface area contributed by atoms with Crippen LogP contribution in [0.1, 0.15) is 20.7 Å². The highest BCUT2D eigenvalue weighted by Gasteiger charge is 2.20. The van der Waals surface area contributed by atoms with Crippen molar-refractivity contribution in [3.8, 4) is 0 Å². The maximum absolute atomic E-state index is 11.5. The maximum atomic E-state index is 11.5. The van der Waals surface area contributed by atoms with Crippen molar-refractivity contribution in [2.24, 2.45) is 11.6 Å². The van der Waals surface area contributed by atoms with Crippen LogP contribution in [-0.4, -0.2) is 30.4 Å². The molecule has 5 N–H and O–H groups in total. The fourth-order valence-electron chi connectivity index (χ4n) is 1.92. The molecule has 0 aliphatic rings. The number of hydrazine groups is 1. The lowest BCUT2D eigenvalue weighted by molar-refractivity contribution is -0.107. The number of H-pyrrole nitrogens is 1. The minimum absolute atomic E-state index is 0.0597. The normalized spacial score (nSPS) is 10.3. The standard InChI is InChI=1S/C12H12N4O4/c1-20-12(19)6-2-3-7-8(4-6)15-11(16(14)5-17)9(7)10(13)18/h2-5,15H,14H2,1H3,(H2,13,18). The molecule has 0 atom stereocenters. The van der Waals surface area contributed by atoms with Crippen LogP contribution in [0.2, 0.25) is 0 Å². The molecule has 0 saturated carbocycles. The average Bonchev–Trinajstić information content (AvgIpc) is 2.83. The Morgan fingerprint density at radius 2 is 2.10 bits per heavy atom. The number of carbonyl (C=O) groups is 3. The summed E-state index contributed by atoms with van der Waals surface area (Å²) in [5, 5.41) is 1.16. The maximum Gasteiger partial charge on any atom is 0.337 e. The summed E-state index contributed by atoms with van der Waals surface area (Å²) in [5.41, 5.74) is 6.10. The zero-order chi connectivity index (χ0) is 14.9. The molecule has 0 aliphatic heterocycles. The number of carbonyl (C=O) groups excluding carboxylic acids is 3. The minimum Gasteiger partial charge on any atom is -0.465 e. The van der Waals surface area contributed by atoms with Crippen molar-refractivity contribution in [2.45, 2.75) is 0 Å². The topological polar surface area (TPSA) is 132 Å². The van der Waals surface area contributed by atoms with Crippen LogP contribution >= 0.6 is 0 Å². The van der Waals surface area contributed by atoms with Crippen LogP contribution < -0.4 is 16.6 Å². The first-order valence-corrected chi connectivity index (χ1v) is 5.52. The van der Waals surface area contributed by atoms with E-state index in [-0.39, 0.29) is 11.4 Å². The summed E-state index contributed by atoms with van der Waals surface area (Å²) in [6.07, 6.45) is 0.332. The molecule has 0 fully saturated rings. The van der Waals surface area contributed by atoms with Crippen LogP contribution in [-0.2, 0) is 9.53 Å². The first-order valence-electron chi connectivity index (χ1n) is 5.52. The van der Waals surface area contributed by atoms with Crippen LogP contribution in [0.5, 0.6) is 0 Å². The van der Waals surface area contributed by atoms with Crippen LogP contribution in [0.15, 0.2) is 18.2 Å². The first kappa shape index (κ1) is 13.6. The van der Waals surface area contributed by atoms with E-state index in [1.807, 2.05) is 0 Å². The molecule has 2 rings (SSSR count). The summed E-state index contributed by atoms with van der Waals surface area (Å²) < 4.78 is 4.60. The fraction of sp³-hybridized carbons (Fsp3) is 0.0833. The van der Waals surface area contributed by atoms with Crippen molar-refractivity contribution in [3.05, 3.63) is 29.3 Å². The van der Waals surface area contributed by atoms with E-state index >= 15 is 0 Å². The van der Waals surface area contributed by atoms with Gasteiger partial charge in [-0.2, -0.15) is 0 Å². The molecule has 0 aliphatic carbocycles. The van der Waals surface area contributed by atoms with Gasteiger partial charge in [0.25, 0.3) is 5.91 Å². The number of primary amides is 1. The Kier molecular flexibility index (Phi) is 3.40. The second-order valence-electron chi connectivity index (χ2n) is 3.98. The zero-order valence-corrected chi connectivity index (χ0v) is 10.5. The molecule has 1 aromatic carbocycles. The second-order valence-corrected chi connectivity index (χ2v) is 3.98. The Balaban J connectivity index is 2.70. The molecular formula is C12H12N4O4. The molecule has 104 valence electrons. The molecule has 20 heavy (non-hydrogen) atoms. The molecule has 0 spiro atoms. The third-order valence-electron chi connectivity index (χ3n) is 2.82. The summed E-state index contributed by atoms with van der Waals surface area (Å²) in [6.45, 7) is 0. The van der Waals surface area contributed by atoms with Gasteiger partial charge >= 0.3 is 5.97 Å².